The van der Waals surface area contributed by atoms with Crippen LogP contribution in [0.2, 0.25) is 0 Å². The zero-order chi connectivity index (χ0) is 14.7. The van der Waals surface area contributed by atoms with Gasteiger partial charge in [0.05, 0.1) is 16.8 Å². The number of aromatic nitrogens is 1. The van der Waals surface area contributed by atoms with Crippen LogP contribution in [0.5, 0.6) is 0 Å². The number of para-hydroxylation sites is 1. The van der Waals surface area contributed by atoms with Gasteiger partial charge in [-0.1, -0.05) is 40.2 Å². The number of carbonyl (C=O) groups excluding carboxylic acids is 1. The molecular weight excluding hydrogens is 348 g/mol. The van der Waals surface area contributed by atoms with Crippen LogP contribution in [0.3, 0.4) is 0 Å². The van der Waals surface area contributed by atoms with E-state index < -0.39 is 0 Å². The van der Waals surface area contributed by atoms with E-state index in [9.17, 15) is 4.79 Å². The second-order valence-corrected chi connectivity index (χ2v) is 6.26. The normalized spacial score (nSPS) is 10.7. The number of hydrogen-bond acceptors (Lipinski definition) is 3. The Morgan fingerprint density at radius 3 is 2.62 bits per heavy atom. The highest BCUT2D eigenvalue weighted by Crippen LogP contribution is 2.21. The zero-order valence-electron chi connectivity index (χ0n) is 11.2. The van der Waals surface area contributed by atoms with Crippen LogP contribution in [0.1, 0.15) is 20.9 Å². The molecule has 0 fully saturated rings. The molecule has 0 saturated heterocycles. The Hall–Kier alpha value is -1.72. The first-order valence-corrected chi connectivity index (χ1v) is 8.47. The van der Waals surface area contributed by atoms with Gasteiger partial charge in [-0.2, -0.15) is 0 Å². The van der Waals surface area contributed by atoms with E-state index in [2.05, 4.69) is 26.2 Å². The molecule has 0 unspecified atom stereocenters. The van der Waals surface area contributed by atoms with Crippen molar-refractivity contribution in [3.63, 3.8) is 0 Å². The molecule has 3 nitrogen and oxygen atoms in total. The molecule has 1 N–H and O–H groups in total. The molecule has 5 heteroatoms. The molecule has 0 spiro atoms. The summed E-state index contributed by atoms with van der Waals surface area (Å²) < 4.78 is 1.14. The van der Waals surface area contributed by atoms with Gasteiger partial charge < -0.3 is 5.32 Å². The summed E-state index contributed by atoms with van der Waals surface area (Å²) in [4.78, 5) is 16.6. The number of nitrogens with one attached hydrogen (secondary N) is 1. The molecule has 1 aromatic heterocycles. The number of benzene rings is 2. The number of rotatable bonds is 4. The molecule has 1 amide bonds. The molecule has 0 radical (unpaired) electrons. The molecule has 0 aliphatic carbocycles. The highest BCUT2D eigenvalue weighted by atomic mass is 79.9. The summed E-state index contributed by atoms with van der Waals surface area (Å²) in [6, 6.07) is 15.6. The molecular formula is C16H13BrN2OS. The Bertz CT molecular complexity index is 734. The van der Waals surface area contributed by atoms with Gasteiger partial charge >= 0.3 is 0 Å². The lowest BCUT2D eigenvalue weighted by molar-refractivity contribution is 0.0951. The fourth-order valence-corrected chi connectivity index (χ4v) is 3.28. The van der Waals surface area contributed by atoms with Crippen molar-refractivity contribution in [2.75, 3.05) is 0 Å². The standard InChI is InChI=1S/C16H13BrN2OS/c17-9-11-5-7-12(8-6-11)16(20)18-10-15-19-13-3-1-2-4-14(13)21-15/h1-8H,9-10H2,(H,18,20). The number of alkyl halides is 1. The number of hydrogen-bond donors (Lipinski definition) is 1. The monoisotopic (exact) mass is 360 g/mol. The maximum absolute atomic E-state index is 12.1. The molecule has 2 aromatic carbocycles. The van der Waals surface area contributed by atoms with Crippen LogP contribution in [-0.4, -0.2) is 10.9 Å². The van der Waals surface area contributed by atoms with E-state index in [1.54, 1.807) is 11.3 Å². The van der Waals surface area contributed by atoms with E-state index in [-0.39, 0.29) is 5.91 Å². The topological polar surface area (TPSA) is 42.0 Å². The first-order valence-electron chi connectivity index (χ1n) is 6.54. The van der Waals surface area contributed by atoms with Crippen LogP contribution in [0, 0.1) is 0 Å². The van der Waals surface area contributed by atoms with Crippen molar-refractivity contribution >= 4 is 43.4 Å². The van der Waals surface area contributed by atoms with E-state index in [4.69, 9.17) is 0 Å². The summed E-state index contributed by atoms with van der Waals surface area (Å²) in [7, 11) is 0. The third-order valence-electron chi connectivity index (χ3n) is 3.11. The quantitative estimate of drug-likeness (QED) is 0.711. The molecule has 0 aliphatic rings. The first kappa shape index (κ1) is 14.2. The third kappa shape index (κ3) is 3.31. The highest BCUT2D eigenvalue weighted by molar-refractivity contribution is 9.08. The van der Waals surface area contributed by atoms with Gasteiger partial charge in [-0.05, 0) is 29.8 Å². The van der Waals surface area contributed by atoms with E-state index in [1.165, 1.54) is 0 Å². The average Bonchev–Trinajstić information content (AvgIpc) is 2.95. The lowest BCUT2D eigenvalue weighted by Crippen LogP contribution is -2.22. The molecule has 0 saturated carbocycles. The van der Waals surface area contributed by atoms with Crippen molar-refractivity contribution in [3.8, 4) is 0 Å². The molecule has 106 valence electrons. The van der Waals surface area contributed by atoms with Crippen LogP contribution in [0.25, 0.3) is 10.2 Å². The second-order valence-electron chi connectivity index (χ2n) is 4.59. The summed E-state index contributed by atoms with van der Waals surface area (Å²) in [5.41, 5.74) is 2.80. The van der Waals surface area contributed by atoms with Crippen LogP contribution in [-0.2, 0) is 11.9 Å². The molecule has 3 aromatic rings. The minimum Gasteiger partial charge on any atom is -0.346 e. The zero-order valence-corrected chi connectivity index (χ0v) is 13.6. The summed E-state index contributed by atoms with van der Waals surface area (Å²) in [5.74, 6) is -0.0737. The number of amides is 1. The van der Waals surface area contributed by atoms with Crippen molar-refractivity contribution in [2.24, 2.45) is 0 Å². The van der Waals surface area contributed by atoms with Gasteiger partial charge in [0, 0.05) is 10.9 Å². The smallest absolute Gasteiger partial charge is 0.251 e. The molecule has 3 rings (SSSR count). The number of nitrogens with zero attached hydrogens (tertiary/aromatic N) is 1. The van der Waals surface area contributed by atoms with Gasteiger partial charge in [-0.25, -0.2) is 4.98 Å². The first-order chi connectivity index (χ1) is 10.3. The van der Waals surface area contributed by atoms with Crippen molar-refractivity contribution < 1.29 is 4.79 Å². The summed E-state index contributed by atoms with van der Waals surface area (Å²) in [6.07, 6.45) is 0. The van der Waals surface area contributed by atoms with Gasteiger partial charge in [-0.3, -0.25) is 4.79 Å². The fraction of sp³-hybridized carbons (Fsp3) is 0.125. The molecule has 0 atom stereocenters. The molecule has 0 bridgehead atoms. The minimum atomic E-state index is -0.0737. The second kappa shape index (κ2) is 6.37. The Kier molecular flexibility index (Phi) is 4.31. The SMILES string of the molecule is O=C(NCc1nc2ccccc2s1)c1ccc(CBr)cc1. The Balaban J connectivity index is 1.67. The highest BCUT2D eigenvalue weighted by Gasteiger charge is 2.07. The fourth-order valence-electron chi connectivity index (χ4n) is 2.00. The maximum atomic E-state index is 12.1. The van der Waals surface area contributed by atoms with Crippen molar-refractivity contribution in [1.29, 1.82) is 0 Å². The molecule has 1 heterocycles. The predicted octanol–water partition coefficient (Wildman–Crippen LogP) is 4.12. The summed E-state index contributed by atoms with van der Waals surface area (Å²) >= 11 is 5.00. The number of fused-ring (bicyclic) bond motifs is 1. The lowest BCUT2D eigenvalue weighted by Gasteiger charge is -2.03. The number of carbonyl (C=O) groups is 1. The minimum absolute atomic E-state index is 0.0737. The van der Waals surface area contributed by atoms with Crippen LogP contribution < -0.4 is 5.32 Å². The van der Waals surface area contributed by atoms with Crippen molar-refractivity contribution in [2.45, 2.75) is 11.9 Å². The van der Waals surface area contributed by atoms with Gasteiger partial charge in [0.15, 0.2) is 0 Å². The number of thiazole rings is 1. The lowest BCUT2D eigenvalue weighted by atomic mass is 10.1. The average molecular weight is 361 g/mol. The summed E-state index contributed by atoms with van der Waals surface area (Å²) in [6.45, 7) is 0.457. The van der Waals surface area contributed by atoms with Crippen LogP contribution in [0.4, 0.5) is 0 Å². The van der Waals surface area contributed by atoms with E-state index in [0.29, 0.717) is 12.1 Å². The van der Waals surface area contributed by atoms with E-state index >= 15 is 0 Å². The van der Waals surface area contributed by atoms with Gasteiger partial charge in [0.2, 0.25) is 0 Å². The Morgan fingerprint density at radius 1 is 1.14 bits per heavy atom. The Morgan fingerprint density at radius 2 is 1.90 bits per heavy atom. The van der Waals surface area contributed by atoms with Crippen molar-refractivity contribution in [1.82, 2.24) is 10.3 Å². The molecule has 0 aliphatic heterocycles. The Labute approximate surface area is 135 Å². The van der Waals surface area contributed by atoms with E-state index in [0.717, 1.165) is 26.1 Å². The van der Waals surface area contributed by atoms with Gasteiger partial charge in [-0.15, -0.1) is 11.3 Å². The van der Waals surface area contributed by atoms with Gasteiger partial charge in [0.1, 0.15) is 5.01 Å². The summed E-state index contributed by atoms with van der Waals surface area (Å²) in [5, 5.41) is 4.62. The predicted molar refractivity (Wildman–Crippen MR) is 89.9 cm³/mol. The van der Waals surface area contributed by atoms with Crippen LogP contribution >= 0.6 is 27.3 Å². The van der Waals surface area contributed by atoms with Crippen molar-refractivity contribution in [3.05, 3.63) is 64.7 Å². The maximum Gasteiger partial charge on any atom is 0.251 e. The largest absolute Gasteiger partial charge is 0.346 e. The van der Waals surface area contributed by atoms with Crippen LogP contribution in [0.15, 0.2) is 48.5 Å². The van der Waals surface area contributed by atoms with E-state index in [1.807, 2.05) is 48.5 Å². The third-order valence-corrected chi connectivity index (χ3v) is 4.79. The number of halogens is 1. The molecule has 21 heavy (non-hydrogen) atoms. The van der Waals surface area contributed by atoms with Gasteiger partial charge in [0.25, 0.3) is 5.91 Å².